The number of aryl methyl sites for hydroxylation is 1. The first kappa shape index (κ1) is 20.4. The number of ether oxygens (including phenoxy) is 1. The Morgan fingerprint density at radius 1 is 1.29 bits per heavy atom. The van der Waals surface area contributed by atoms with Crippen LogP contribution in [0.5, 0.6) is 0 Å². The van der Waals surface area contributed by atoms with E-state index in [0.29, 0.717) is 16.4 Å². The summed E-state index contributed by atoms with van der Waals surface area (Å²) in [6.07, 6.45) is 0.0405. The molecule has 0 unspecified atom stereocenters. The van der Waals surface area contributed by atoms with Crippen molar-refractivity contribution in [2.75, 3.05) is 23.4 Å². The van der Waals surface area contributed by atoms with Crippen molar-refractivity contribution in [1.82, 2.24) is 0 Å². The van der Waals surface area contributed by atoms with Crippen molar-refractivity contribution in [3.63, 3.8) is 0 Å². The van der Waals surface area contributed by atoms with E-state index in [9.17, 15) is 14.4 Å². The van der Waals surface area contributed by atoms with Gasteiger partial charge in [0.2, 0.25) is 5.91 Å². The van der Waals surface area contributed by atoms with E-state index in [1.165, 1.54) is 4.90 Å². The van der Waals surface area contributed by atoms with Gasteiger partial charge in [-0.05, 0) is 48.9 Å². The quantitative estimate of drug-likeness (QED) is 0.679. The Balaban J connectivity index is 1.53. The van der Waals surface area contributed by atoms with E-state index in [1.54, 1.807) is 30.3 Å². The molecule has 0 aliphatic carbocycles. The highest BCUT2D eigenvalue weighted by molar-refractivity contribution is 9.10. The highest BCUT2D eigenvalue weighted by Gasteiger charge is 2.36. The predicted octanol–water partition coefficient (Wildman–Crippen LogP) is 3.95. The third-order valence-electron chi connectivity index (χ3n) is 4.39. The molecule has 28 heavy (non-hydrogen) atoms. The van der Waals surface area contributed by atoms with Crippen molar-refractivity contribution < 1.29 is 19.1 Å². The number of nitrogens with one attached hydrogen (secondary N) is 1. The standard InChI is InChI=1S/C20H18BrClN2O4/c1-12-7-14(21)5-6-17(12)23-18(25)11-28-20(27)13-8-19(26)24(10-13)16-4-2-3-15(22)9-16/h2-7,9,13H,8,10-11H2,1H3,(H,23,25)/t13-/m0/s1. The lowest BCUT2D eigenvalue weighted by molar-refractivity contribution is -0.151. The van der Waals surface area contributed by atoms with Crippen LogP contribution >= 0.6 is 27.5 Å². The SMILES string of the molecule is Cc1cc(Br)ccc1NC(=O)COC(=O)[C@H]1CC(=O)N(c2cccc(Cl)c2)C1. The van der Waals surface area contributed by atoms with Gasteiger partial charge >= 0.3 is 5.97 Å². The largest absolute Gasteiger partial charge is 0.455 e. The average Bonchev–Trinajstić information content (AvgIpc) is 3.04. The van der Waals surface area contributed by atoms with Crippen LogP contribution in [0.25, 0.3) is 0 Å². The summed E-state index contributed by atoms with van der Waals surface area (Å²) >= 11 is 9.32. The number of amides is 2. The van der Waals surface area contributed by atoms with E-state index >= 15 is 0 Å². The molecule has 2 amide bonds. The summed E-state index contributed by atoms with van der Waals surface area (Å²) in [5.41, 5.74) is 2.16. The molecule has 6 nitrogen and oxygen atoms in total. The van der Waals surface area contributed by atoms with Gasteiger partial charge in [-0.25, -0.2) is 0 Å². The fraction of sp³-hybridized carbons (Fsp3) is 0.250. The van der Waals surface area contributed by atoms with Gasteiger partial charge in [0.05, 0.1) is 5.92 Å². The van der Waals surface area contributed by atoms with Crippen molar-refractivity contribution in [3.8, 4) is 0 Å². The number of hydrogen-bond acceptors (Lipinski definition) is 4. The maximum atomic E-state index is 12.3. The van der Waals surface area contributed by atoms with Crippen molar-refractivity contribution in [3.05, 3.63) is 57.5 Å². The van der Waals surface area contributed by atoms with Gasteiger partial charge in [0.1, 0.15) is 0 Å². The van der Waals surface area contributed by atoms with Gasteiger partial charge in [0.25, 0.3) is 5.91 Å². The maximum absolute atomic E-state index is 12.3. The Morgan fingerprint density at radius 3 is 2.79 bits per heavy atom. The number of esters is 1. The molecule has 0 radical (unpaired) electrons. The van der Waals surface area contributed by atoms with Crippen LogP contribution in [0.2, 0.25) is 5.02 Å². The molecule has 1 N–H and O–H groups in total. The minimum Gasteiger partial charge on any atom is -0.455 e. The summed E-state index contributed by atoms with van der Waals surface area (Å²) in [6, 6.07) is 12.3. The number of halogens is 2. The smallest absolute Gasteiger partial charge is 0.311 e. The number of nitrogens with zero attached hydrogens (tertiary/aromatic N) is 1. The van der Waals surface area contributed by atoms with Crippen LogP contribution in [-0.4, -0.2) is 30.9 Å². The van der Waals surface area contributed by atoms with Gasteiger partial charge in [-0.1, -0.05) is 33.6 Å². The Labute approximate surface area is 175 Å². The van der Waals surface area contributed by atoms with Crippen molar-refractivity contribution in [2.24, 2.45) is 5.92 Å². The molecule has 146 valence electrons. The number of carbonyl (C=O) groups excluding carboxylic acids is 3. The highest BCUT2D eigenvalue weighted by Crippen LogP contribution is 2.27. The molecular formula is C20H18BrClN2O4. The first-order valence-corrected chi connectivity index (χ1v) is 9.79. The van der Waals surface area contributed by atoms with E-state index in [4.69, 9.17) is 16.3 Å². The molecule has 1 aliphatic heterocycles. The summed E-state index contributed by atoms with van der Waals surface area (Å²) in [5, 5.41) is 3.21. The monoisotopic (exact) mass is 464 g/mol. The molecule has 0 bridgehead atoms. The van der Waals surface area contributed by atoms with Gasteiger partial charge in [-0.15, -0.1) is 0 Å². The average molecular weight is 466 g/mol. The molecule has 8 heteroatoms. The van der Waals surface area contributed by atoms with E-state index < -0.39 is 24.4 Å². The summed E-state index contributed by atoms with van der Waals surface area (Å²) in [4.78, 5) is 38.1. The molecule has 1 atom stereocenters. The first-order chi connectivity index (χ1) is 13.3. The number of rotatable bonds is 5. The normalized spacial score (nSPS) is 16.2. The molecule has 3 rings (SSSR count). The number of carbonyl (C=O) groups is 3. The molecule has 0 aromatic heterocycles. The Morgan fingerprint density at radius 2 is 2.07 bits per heavy atom. The van der Waals surface area contributed by atoms with Gasteiger partial charge in [0, 0.05) is 33.8 Å². The minimum atomic E-state index is -0.617. The molecule has 2 aromatic carbocycles. The molecule has 1 aliphatic rings. The van der Waals surface area contributed by atoms with Crippen molar-refractivity contribution in [2.45, 2.75) is 13.3 Å². The molecule has 1 heterocycles. The summed E-state index contributed by atoms with van der Waals surface area (Å²) in [7, 11) is 0. The number of benzene rings is 2. The van der Waals surface area contributed by atoms with Crippen LogP contribution < -0.4 is 10.2 Å². The van der Waals surface area contributed by atoms with Crippen LogP contribution in [-0.2, 0) is 19.1 Å². The second-order valence-corrected chi connectivity index (χ2v) is 7.85. The zero-order chi connectivity index (χ0) is 20.3. The molecule has 1 fully saturated rings. The summed E-state index contributed by atoms with van der Waals surface area (Å²) < 4.78 is 6.02. The Hall–Kier alpha value is -2.38. The second kappa shape index (κ2) is 8.75. The van der Waals surface area contributed by atoms with Gasteiger partial charge in [0.15, 0.2) is 6.61 Å². The van der Waals surface area contributed by atoms with Gasteiger partial charge in [-0.3, -0.25) is 14.4 Å². The lowest BCUT2D eigenvalue weighted by Gasteiger charge is -2.16. The lowest BCUT2D eigenvalue weighted by Crippen LogP contribution is -2.28. The third kappa shape index (κ3) is 4.91. The molecular weight excluding hydrogens is 448 g/mol. The Bertz CT molecular complexity index is 934. The van der Waals surface area contributed by atoms with E-state index in [0.717, 1.165) is 10.0 Å². The van der Waals surface area contributed by atoms with E-state index in [1.807, 2.05) is 19.1 Å². The highest BCUT2D eigenvalue weighted by atomic mass is 79.9. The van der Waals surface area contributed by atoms with Crippen LogP contribution in [0.1, 0.15) is 12.0 Å². The fourth-order valence-corrected chi connectivity index (χ4v) is 3.63. The maximum Gasteiger partial charge on any atom is 0.311 e. The van der Waals surface area contributed by atoms with Crippen LogP contribution in [0.15, 0.2) is 46.9 Å². The first-order valence-electron chi connectivity index (χ1n) is 8.62. The minimum absolute atomic E-state index is 0.0405. The topological polar surface area (TPSA) is 75.7 Å². The zero-order valence-electron chi connectivity index (χ0n) is 15.1. The van der Waals surface area contributed by atoms with Crippen LogP contribution in [0.3, 0.4) is 0 Å². The lowest BCUT2D eigenvalue weighted by atomic mass is 10.1. The van der Waals surface area contributed by atoms with Crippen LogP contribution in [0.4, 0.5) is 11.4 Å². The van der Waals surface area contributed by atoms with Crippen molar-refractivity contribution in [1.29, 1.82) is 0 Å². The van der Waals surface area contributed by atoms with Crippen molar-refractivity contribution >= 4 is 56.7 Å². The van der Waals surface area contributed by atoms with Gasteiger partial charge < -0.3 is 15.0 Å². The summed E-state index contributed by atoms with van der Waals surface area (Å²) in [6.45, 7) is 1.66. The third-order valence-corrected chi connectivity index (χ3v) is 5.11. The predicted molar refractivity (Wildman–Crippen MR) is 110 cm³/mol. The van der Waals surface area contributed by atoms with Crippen LogP contribution in [0, 0.1) is 12.8 Å². The van der Waals surface area contributed by atoms with E-state index in [-0.39, 0.29) is 18.9 Å². The Kier molecular flexibility index (Phi) is 6.36. The van der Waals surface area contributed by atoms with E-state index in [2.05, 4.69) is 21.2 Å². The fourth-order valence-electron chi connectivity index (χ4n) is 2.97. The molecule has 0 saturated carbocycles. The molecule has 1 saturated heterocycles. The van der Waals surface area contributed by atoms with Gasteiger partial charge in [-0.2, -0.15) is 0 Å². The molecule has 0 spiro atoms. The molecule has 2 aromatic rings. The zero-order valence-corrected chi connectivity index (χ0v) is 17.4. The number of hydrogen-bond donors (Lipinski definition) is 1. The summed E-state index contributed by atoms with van der Waals surface area (Å²) in [5.74, 6) is -1.80. The second-order valence-electron chi connectivity index (χ2n) is 6.50. The number of anilines is 2.